The van der Waals surface area contributed by atoms with Crippen LogP contribution in [0.1, 0.15) is 18.0 Å². The van der Waals surface area contributed by atoms with Crippen molar-refractivity contribution in [2.45, 2.75) is 12.5 Å². The van der Waals surface area contributed by atoms with Crippen LogP contribution in [0.4, 0.5) is 0 Å². The number of nitrogens with zero attached hydrogens (tertiary/aromatic N) is 1. The summed E-state index contributed by atoms with van der Waals surface area (Å²) in [5, 5.41) is 2.47. The zero-order valence-corrected chi connectivity index (χ0v) is 9.49. The van der Waals surface area contributed by atoms with Gasteiger partial charge in [-0.1, -0.05) is 34.1 Å². The molecule has 1 aliphatic rings. The Bertz CT molecular complexity index is 430. The lowest BCUT2D eigenvalue weighted by molar-refractivity contribution is -0.120. The molecule has 0 saturated heterocycles. The van der Waals surface area contributed by atoms with Gasteiger partial charge in [0.2, 0.25) is 5.91 Å². The average molecular weight is 268 g/mol. The molecule has 5 heteroatoms. The van der Waals surface area contributed by atoms with Crippen molar-refractivity contribution in [1.82, 2.24) is 5.32 Å². The number of benzene rings is 1. The zero-order chi connectivity index (χ0) is 10.8. The number of hydrogen-bond acceptors (Lipinski definition) is 3. The van der Waals surface area contributed by atoms with E-state index >= 15 is 0 Å². The van der Waals surface area contributed by atoms with Gasteiger partial charge in [-0.15, -0.1) is 0 Å². The molecule has 1 aliphatic heterocycles. The van der Waals surface area contributed by atoms with E-state index in [2.05, 4.69) is 26.2 Å². The molecule has 0 fully saturated rings. The second-order valence-corrected chi connectivity index (χ2v) is 4.16. The Morgan fingerprint density at radius 2 is 2.20 bits per heavy atom. The monoisotopic (exact) mass is 267 g/mol. The van der Waals surface area contributed by atoms with E-state index in [-0.39, 0.29) is 17.9 Å². The molecule has 0 spiro atoms. The second kappa shape index (κ2) is 4.02. The third kappa shape index (κ3) is 2.18. The number of hydrogen-bond donors (Lipinski definition) is 2. The lowest BCUT2D eigenvalue weighted by atomic mass is 10.0. The van der Waals surface area contributed by atoms with Gasteiger partial charge in [-0.3, -0.25) is 10.1 Å². The topological polar surface area (TPSA) is 67.5 Å². The fourth-order valence-electron chi connectivity index (χ4n) is 1.54. The van der Waals surface area contributed by atoms with Gasteiger partial charge in [-0.2, -0.15) is 0 Å². The number of guanidine groups is 1. The quantitative estimate of drug-likeness (QED) is 0.806. The van der Waals surface area contributed by atoms with Crippen LogP contribution in [-0.2, 0) is 4.79 Å². The van der Waals surface area contributed by atoms with E-state index in [1.807, 2.05) is 24.3 Å². The minimum absolute atomic E-state index is 0.0942. The molecule has 1 atom stereocenters. The summed E-state index contributed by atoms with van der Waals surface area (Å²) in [7, 11) is 0. The molecule has 0 bridgehead atoms. The van der Waals surface area contributed by atoms with E-state index in [9.17, 15) is 4.79 Å². The van der Waals surface area contributed by atoms with Crippen LogP contribution < -0.4 is 11.1 Å². The maximum atomic E-state index is 11.3. The maximum Gasteiger partial charge on any atom is 0.229 e. The van der Waals surface area contributed by atoms with E-state index in [0.29, 0.717) is 6.42 Å². The molecule has 15 heavy (non-hydrogen) atoms. The fourth-order valence-corrected chi connectivity index (χ4v) is 2.09. The molecule has 1 aromatic rings. The first-order chi connectivity index (χ1) is 7.16. The van der Waals surface area contributed by atoms with Crippen molar-refractivity contribution in [2.75, 3.05) is 0 Å². The summed E-state index contributed by atoms with van der Waals surface area (Å²) in [6, 6.07) is 7.51. The van der Waals surface area contributed by atoms with E-state index < -0.39 is 0 Å². The zero-order valence-electron chi connectivity index (χ0n) is 7.90. The van der Waals surface area contributed by atoms with E-state index in [0.717, 1.165) is 10.0 Å². The predicted octanol–water partition coefficient (Wildman–Crippen LogP) is 1.32. The van der Waals surface area contributed by atoms with Crippen molar-refractivity contribution in [1.29, 1.82) is 0 Å². The third-order valence-corrected chi connectivity index (χ3v) is 2.93. The lowest BCUT2D eigenvalue weighted by Crippen LogP contribution is -2.41. The fraction of sp³-hybridized carbons (Fsp3) is 0.200. The average Bonchev–Trinajstić information content (AvgIpc) is 2.16. The van der Waals surface area contributed by atoms with Crippen LogP contribution in [0.25, 0.3) is 0 Å². The third-order valence-electron chi connectivity index (χ3n) is 2.21. The van der Waals surface area contributed by atoms with Gasteiger partial charge in [0.25, 0.3) is 0 Å². The van der Waals surface area contributed by atoms with Crippen molar-refractivity contribution in [3.05, 3.63) is 34.3 Å². The molecule has 0 aliphatic carbocycles. The molecular weight excluding hydrogens is 258 g/mol. The summed E-state index contributed by atoms with van der Waals surface area (Å²) in [5.74, 6) is 0.0928. The Morgan fingerprint density at radius 1 is 1.47 bits per heavy atom. The minimum atomic E-state index is -0.186. The minimum Gasteiger partial charge on any atom is -0.370 e. The molecule has 1 unspecified atom stereocenters. The molecule has 0 radical (unpaired) electrons. The largest absolute Gasteiger partial charge is 0.370 e. The van der Waals surface area contributed by atoms with Crippen LogP contribution in [-0.4, -0.2) is 11.9 Å². The molecule has 3 N–H and O–H groups in total. The van der Waals surface area contributed by atoms with Crippen molar-refractivity contribution >= 4 is 27.8 Å². The highest BCUT2D eigenvalue weighted by molar-refractivity contribution is 9.10. The number of aliphatic imine (C=N–C) groups is 1. The normalized spacial score (nSPS) is 20.7. The number of nitrogens with two attached hydrogens (primary N) is 1. The summed E-state index contributed by atoms with van der Waals surface area (Å²) in [6.07, 6.45) is 0.337. The summed E-state index contributed by atoms with van der Waals surface area (Å²) in [6.45, 7) is 0. The second-order valence-electron chi connectivity index (χ2n) is 3.30. The lowest BCUT2D eigenvalue weighted by Gasteiger charge is -2.19. The van der Waals surface area contributed by atoms with Gasteiger partial charge in [-0.05, 0) is 11.6 Å². The molecule has 78 valence electrons. The van der Waals surface area contributed by atoms with Gasteiger partial charge in [-0.25, -0.2) is 4.99 Å². The first-order valence-electron chi connectivity index (χ1n) is 4.54. The molecule has 1 aromatic carbocycles. The highest BCUT2D eigenvalue weighted by Gasteiger charge is 2.22. The molecule has 0 aromatic heterocycles. The highest BCUT2D eigenvalue weighted by atomic mass is 79.9. The standard InChI is InChI=1S/C10H10BrN3O/c11-7-4-2-1-3-6(7)8-5-9(15)14-10(12)13-8/h1-4,8H,5H2,(H3,12,13,14,15). The Balaban J connectivity index is 2.36. The van der Waals surface area contributed by atoms with Crippen LogP contribution in [0.3, 0.4) is 0 Å². The summed E-state index contributed by atoms with van der Waals surface area (Å²) in [4.78, 5) is 15.5. The molecule has 0 saturated carbocycles. The number of rotatable bonds is 1. The molecule has 2 rings (SSSR count). The molecule has 1 heterocycles. The molecular formula is C10H10BrN3O. The van der Waals surface area contributed by atoms with Crippen molar-refractivity contribution in [3.8, 4) is 0 Å². The van der Waals surface area contributed by atoms with Gasteiger partial charge < -0.3 is 5.73 Å². The number of nitrogens with one attached hydrogen (secondary N) is 1. The Kier molecular flexibility index (Phi) is 2.73. The Morgan fingerprint density at radius 3 is 2.87 bits per heavy atom. The van der Waals surface area contributed by atoms with Crippen LogP contribution in [0.5, 0.6) is 0 Å². The molecule has 4 nitrogen and oxygen atoms in total. The van der Waals surface area contributed by atoms with Gasteiger partial charge in [0.05, 0.1) is 12.5 Å². The predicted molar refractivity (Wildman–Crippen MR) is 61.3 cm³/mol. The number of amides is 1. The van der Waals surface area contributed by atoms with E-state index in [1.54, 1.807) is 0 Å². The van der Waals surface area contributed by atoms with Crippen LogP contribution in [0.2, 0.25) is 0 Å². The summed E-state index contributed by atoms with van der Waals surface area (Å²) >= 11 is 3.43. The van der Waals surface area contributed by atoms with E-state index in [4.69, 9.17) is 5.73 Å². The van der Waals surface area contributed by atoms with Crippen LogP contribution in [0, 0.1) is 0 Å². The van der Waals surface area contributed by atoms with E-state index in [1.165, 1.54) is 0 Å². The van der Waals surface area contributed by atoms with Crippen LogP contribution in [0.15, 0.2) is 33.7 Å². The number of carbonyl (C=O) groups is 1. The number of halogens is 1. The van der Waals surface area contributed by atoms with Crippen molar-refractivity contribution < 1.29 is 4.79 Å². The van der Waals surface area contributed by atoms with Crippen LogP contribution >= 0.6 is 15.9 Å². The van der Waals surface area contributed by atoms with Gasteiger partial charge in [0.1, 0.15) is 0 Å². The van der Waals surface area contributed by atoms with Crippen molar-refractivity contribution in [2.24, 2.45) is 10.7 Å². The SMILES string of the molecule is NC1=NC(c2ccccc2Br)CC(=O)N1. The Hall–Kier alpha value is -1.36. The first-order valence-corrected chi connectivity index (χ1v) is 5.33. The maximum absolute atomic E-state index is 11.3. The van der Waals surface area contributed by atoms with Crippen molar-refractivity contribution in [3.63, 3.8) is 0 Å². The number of carbonyl (C=O) groups excluding carboxylic acids is 1. The first kappa shape index (κ1) is 10.2. The highest BCUT2D eigenvalue weighted by Crippen LogP contribution is 2.29. The van der Waals surface area contributed by atoms with Gasteiger partial charge >= 0.3 is 0 Å². The van der Waals surface area contributed by atoms with Gasteiger partial charge in [0, 0.05) is 4.47 Å². The van der Waals surface area contributed by atoms with Gasteiger partial charge in [0.15, 0.2) is 5.96 Å². The molecule has 1 amide bonds. The summed E-state index contributed by atoms with van der Waals surface area (Å²) in [5.41, 5.74) is 6.49. The Labute approximate surface area is 95.7 Å². The summed E-state index contributed by atoms with van der Waals surface area (Å²) < 4.78 is 0.946. The smallest absolute Gasteiger partial charge is 0.229 e.